The lowest BCUT2D eigenvalue weighted by atomic mass is 10.2. The van der Waals surface area contributed by atoms with Gasteiger partial charge in [0.05, 0.1) is 16.0 Å². The molecule has 0 saturated carbocycles. The van der Waals surface area contributed by atoms with Crippen LogP contribution in [0.4, 0.5) is 5.69 Å². The van der Waals surface area contributed by atoms with Gasteiger partial charge in [-0.3, -0.25) is 0 Å². The molecule has 0 saturated heterocycles. The van der Waals surface area contributed by atoms with Crippen molar-refractivity contribution in [1.82, 2.24) is 0 Å². The van der Waals surface area contributed by atoms with Gasteiger partial charge in [0.2, 0.25) is 10.0 Å². The third kappa shape index (κ3) is 4.94. The minimum atomic E-state index is -3.67. The molecule has 0 unspecified atom stereocenters. The zero-order valence-electron chi connectivity index (χ0n) is 12.3. The predicted octanol–water partition coefficient (Wildman–Crippen LogP) is 3.87. The van der Waals surface area contributed by atoms with Crippen LogP contribution < -0.4 is 15.2 Å². The van der Waals surface area contributed by atoms with Crippen LogP contribution in [0.15, 0.2) is 50.2 Å². The van der Waals surface area contributed by atoms with Crippen molar-refractivity contribution >= 4 is 47.6 Å². The Bertz CT molecular complexity index is 793. The molecule has 0 bridgehead atoms. The average Bonchev–Trinajstić information content (AvgIpc) is 2.47. The van der Waals surface area contributed by atoms with E-state index in [9.17, 15) is 8.42 Å². The van der Waals surface area contributed by atoms with Gasteiger partial charge in [0, 0.05) is 22.3 Å². The number of anilines is 1. The summed E-state index contributed by atoms with van der Waals surface area (Å²) in [7, 11) is -3.67. The van der Waals surface area contributed by atoms with Crippen molar-refractivity contribution in [3.8, 4) is 5.75 Å². The molecule has 0 spiro atoms. The van der Waals surface area contributed by atoms with Gasteiger partial charge in [-0.15, -0.1) is 0 Å². The molecule has 0 aliphatic carbocycles. The fourth-order valence-electron chi connectivity index (χ4n) is 2.01. The van der Waals surface area contributed by atoms with Crippen molar-refractivity contribution in [3.05, 3.63) is 50.9 Å². The summed E-state index contributed by atoms with van der Waals surface area (Å²) in [6.45, 7) is 3.02. The molecule has 2 aromatic carbocycles. The molecule has 0 amide bonds. The number of nitrogens with one attached hydrogen (secondary N) is 1. The molecule has 0 heterocycles. The van der Waals surface area contributed by atoms with Crippen LogP contribution in [0.5, 0.6) is 5.75 Å². The van der Waals surface area contributed by atoms with E-state index in [2.05, 4.69) is 37.2 Å². The summed E-state index contributed by atoms with van der Waals surface area (Å²) in [6, 6.07) is 10.2. The standard InChI is InChI=1S/C15H16Br2N2O3S/c1-2-22-15-10(7-11(16)8-14(15)17)9-19-12-3-5-13(6-4-12)23(18,20)21/h3-8,19H,2,9H2,1H3,(H2,18,20,21). The number of hydrogen-bond acceptors (Lipinski definition) is 4. The molecule has 124 valence electrons. The fraction of sp³-hybridized carbons (Fsp3) is 0.200. The van der Waals surface area contributed by atoms with Crippen molar-refractivity contribution in [2.45, 2.75) is 18.4 Å². The smallest absolute Gasteiger partial charge is 0.238 e. The molecule has 0 aromatic heterocycles. The third-order valence-electron chi connectivity index (χ3n) is 3.04. The zero-order chi connectivity index (χ0) is 17.0. The first-order valence-electron chi connectivity index (χ1n) is 6.78. The summed E-state index contributed by atoms with van der Waals surface area (Å²) in [6.07, 6.45) is 0. The lowest BCUT2D eigenvalue weighted by molar-refractivity contribution is 0.334. The second-order valence-corrected chi connectivity index (χ2v) is 8.06. The van der Waals surface area contributed by atoms with E-state index in [0.29, 0.717) is 13.2 Å². The maximum atomic E-state index is 11.2. The second-order valence-electron chi connectivity index (χ2n) is 4.73. The number of benzene rings is 2. The van der Waals surface area contributed by atoms with Crippen molar-refractivity contribution in [3.63, 3.8) is 0 Å². The van der Waals surface area contributed by atoms with Crippen LogP contribution in [-0.4, -0.2) is 15.0 Å². The molecular formula is C15H16Br2N2O3S. The Labute approximate surface area is 152 Å². The van der Waals surface area contributed by atoms with Crippen molar-refractivity contribution < 1.29 is 13.2 Å². The molecule has 2 rings (SSSR count). The van der Waals surface area contributed by atoms with Crippen molar-refractivity contribution in [2.75, 3.05) is 11.9 Å². The molecular weight excluding hydrogens is 448 g/mol. The first-order chi connectivity index (χ1) is 10.8. The van der Waals surface area contributed by atoms with E-state index in [4.69, 9.17) is 9.88 Å². The summed E-state index contributed by atoms with van der Waals surface area (Å²) in [5.74, 6) is 0.782. The first-order valence-corrected chi connectivity index (χ1v) is 9.92. The molecule has 0 fully saturated rings. The summed E-state index contributed by atoms with van der Waals surface area (Å²) in [4.78, 5) is 0.0863. The number of hydrogen-bond donors (Lipinski definition) is 2. The highest BCUT2D eigenvalue weighted by Crippen LogP contribution is 2.33. The molecule has 8 heteroatoms. The Hall–Kier alpha value is -1.09. The Morgan fingerprint density at radius 1 is 1.17 bits per heavy atom. The van der Waals surface area contributed by atoms with Gasteiger partial charge in [-0.1, -0.05) is 15.9 Å². The van der Waals surface area contributed by atoms with Gasteiger partial charge < -0.3 is 10.1 Å². The summed E-state index contributed by atoms with van der Waals surface area (Å²) < 4.78 is 30.0. The van der Waals surface area contributed by atoms with Crippen LogP contribution in [0, 0.1) is 0 Å². The third-order valence-corrected chi connectivity index (χ3v) is 5.02. The van der Waals surface area contributed by atoms with E-state index in [1.165, 1.54) is 12.1 Å². The van der Waals surface area contributed by atoms with Gasteiger partial charge >= 0.3 is 0 Å². The van der Waals surface area contributed by atoms with Gasteiger partial charge in [-0.05, 0) is 59.3 Å². The second kappa shape index (κ2) is 7.65. The number of sulfonamides is 1. The maximum absolute atomic E-state index is 11.2. The number of halogens is 2. The fourth-order valence-corrected chi connectivity index (χ4v) is 3.95. The van der Waals surface area contributed by atoms with E-state index in [0.717, 1.165) is 25.9 Å². The van der Waals surface area contributed by atoms with Crippen LogP contribution in [0.2, 0.25) is 0 Å². The highest BCUT2D eigenvalue weighted by Gasteiger charge is 2.11. The monoisotopic (exact) mass is 462 g/mol. The molecule has 0 aliphatic heterocycles. The molecule has 0 atom stereocenters. The van der Waals surface area contributed by atoms with E-state index >= 15 is 0 Å². The Morgan fingerprint density at radius 2 is 1.83 bits per heavy atom. The number of rotatable bonds is 6. The van der Waals surface area contributed by atoms with E-state index in [1.807, 2.05) is 19.1 Å². The van der Waals surface area contributed by atoms with Crippen LogP contribution in [0.25, 0.3) is 0 Å². The Kier molecular flexibility index (Phi) is 6.07. The minimum Gasteiger partial charge on any atom is -0.492 e. The average molecular weight is 464 g/mol. The largest absolute Gasteiger partial charge is 0.492 e. The summed E-state index contributed by atoms with van der Waals surface area (Å²) >= 11 is 6.96. The quantitative estimate of drug-likeness (QED) is 0.681. The lowest BCUT2D eigenvalue weighted by Crippen LogP contribution is -2.12. The van der Waals surface area contributed by atoms with E-state index in [1.54, 1.807) is 12.1 Å². The normalized spacial score (nSPS) is 11.3. The topological polar surface area (TPSA) is 81.4 Å². The minimum absolute atomic E-state index is 0.0863. The first kappa shape index (κ1) is 18.3. The van der Waals surface area contributed by atoms with E-state index < -0.39 is 10.0 Å². The number of ether oxygens (including phenoxy) is 1. The molecule has 2 aromatic rings. The zero-order valence-corrected chi connectivity index (χ0v) is 16.3. The van der Waals surface area contributed by atoms with Gasteiger partial charge in [-0.2, -0.15) is 0 Å². The van der Waals surface area contributed by atoms with Gasteiger partial charge in [0.15, 0.2) is 0 Å². The van der Waals surface area contributed by atoms with Gasteiger partial charge in [0.25, 0.3) is 0 Å². The van der Waals surface area contributed by atoms with Crippen LogP contribution in [-0.2, 0) is 16.6 Å². The predicted molar refractivity (Wildman–Crippen MR) is 98.2 cm³/mol. The Balaban J connectivity index is 2.17. The SMILES string of the molecule is CCOc1c(Br)cc(Br)cc1CNc1ccc(S(N)(=O)=O)cc1. The Morgan fingerprint density at radius 3 is 2.39 bits per heavy atom. The maximum Gasteiger partial charge on any atom is 0.238 e. The van der Waals surface area contributed by atoms with Gasteiger partial charge in [-0.25, -0.2) is 13.6 Å². The lowest BCUT2D eigenvalue weighted by Gasteiger charge is -2.14. The van der Waals surface area contributed by atoms with Crippen LogP contribution in [0.3, 0.4) is 0 Å². The summed E-state index contributed by atoms with van der Waals surface area (Å²) in [5, 5.41) is 8.32. The molecule has 23 heavy (non-hydrogen) atoms. The van der Waals surface area contributed by atoms with Crippen molar-refractivity contribution in [1.29, 1.82) is 0 Å². The van der Waals surface area contributed by atoms with Gasteiger partial charge in [0.1, 0.15) is 5.75 Å². The molecule has 5 nitrogen and oxygen atoms in total. The number of primary sulfonamides is 1. The van der Waals surface area contributed by atoms with Crippen LogP contribution >= 0.6 is 31.9 Å². The highest BCUT2D eigenvalue weighted by atomic mass is 79.9. The number of nitrogens with two attached hydrogens (primary N) is 1. The van der Waals surface area contributed by atoms with Crippen LogP contribution in [0.1, 0.15) is 12.5 Å². The summed E-state index contributed by atoms with van der Waals surface area (Å²) in [5.41, 5.74) is 1.76. The van der Waals surface area contributed by atoms with Crippen molar-refractivity contribution in [2.24, 2.45) is 5.14 Å². The highest BCUT2D eigenvalue weighted by molar-refractivity contribution is 9.11. The molecule has 0 aliphatic rings. The molecule has 0 radical (unpaired) electrons. The molecule has 3 N–H and O–H groups in total. The van der Waals surface area contributed by atoms with E-state index in [-0.39, 0.29) is 4.90 Å².